The molecule has 1 aromatic carbocycles. The molecule has 0 amide bonds. The molecule has 1 rings (SSSR count). The lowest BCUT2D eigenvalue weighted by Crippen LogP contribution is -2.45. The van der Waals surface area contributed by atoms with Crippen LogP contribution >= 0.6 is 0 Å². The van der Waals surface area contributed by atoms with Crippen LogP contribution in [0.4, 0.5) is 0 Å². The van der Waals surface area contributed by atoms with Gasteiger partial charge in [-0.15, -0.1) is 0 Å². The van der Waals surface area contributed by atoms with Crippen LogP contribution < -0.4 is 9.92 Å². The molecule has 2 nitrogen and oxygen atoms in total. The zero-order chi connectivity index (χ0) is 9.90. The fourth-order valence-electron chi connectivity index (χ4n) is 1.13. The van der Waals surface area contributed by atoms with Crippen molar-refractivity contribution in [1.82, 2.24) is 0 Å². The first-order chi connectivity index (χ1) is 6.10. The van der Waals surface area contributed by atoms with Gasteiger partial charge in [0.15, 0.2) is 0 Å². The summed E-state index contributed by atoms with van der Waals surface area (Å²) in [5.41, 5.74) is 0. The van der Waals surface area contributed by atoms with Gasteiger partial charge in [-0.1, -0.05) is 30.4 Å². The van der Waals surface area contributed by atoms with E-state index in [-0.39, 0.29) is 0 Å². The van der Waals surface area contributed by atoms with Crippen LogP contribution in [-0.2, 0) is 0 Å². The van der Waals surface area contributed by atoms with Gasteiger partial charge >= 0.3 is 0 Å². The lowest BCUT2D eigenvalue weighted by atomic mass is 10.3. The fraction of sp³-hybridized carbons (Fsp3) is 0.400. The molecule has 1 N–H and O–H groups in total. The highest BCUT2D eigenvalue weighted by molar-refractivity contribution is 6.89. The zero-order valence-electron chi connectivity index (χ0n) is 8.37. The summed E-state index contributed by atoms with van der Waals surface area (Å²) in [6.45, 7) is 4.30. The molecule has 3 heteroatoms. The summed E-state index contributed by atoms with van der Waals surface area (Å²) >= 11 is 0. The molecule has 0 spiro atoms. The highest BCUT2D eigenvalue weighted by Gasteiger charge is 2.21. The van der Waals surface area contributed by atoms with Gasteiger partial charge in [-0.05, 0) is 12.1 Å². The minimum Gasteiger partial charge on any atom is -0.497 e. The fourth-order valence-corrected chi connectivity index (χ4v) is 2.39. The SMILES string of the molecule is COc1ccc([Si](C)(C)CO)cc1. The van der Waals surface area contributed by atoms with Gasteiger partial charge in [0, 0.05) is 6.23 Å². The van der Waals surface area contributed by atoms with Crippen LogP contribution in [0, 0.1) is 0 Å². The number of hydrogen-bond acceptors (Lipinski definition) is 2. The Morgan fingerprint density at radius 3 is 2.15 bits per heavy atom. The third-order valence-electron chi connectivity index (χ3n) is 2.27. The lowest BCUT2D eigenvalue weighted by Gasteiger charge is -2.19. The Hall–Kier alpha value is -0.803. The molecule has 0 radical (unpaired) electrons. The molecule has 0 atom stereocenters. The number of methoxy groups -OCH3 is 1. The van der Waals surface area contributed by atoms with Crippen LogP contribution in [0.15, 0.2) is 24.3 Å². The Morgan fingerprint density at radius 1 is 1.23 bits per heavy atom. The van der Waals surface area contributed by atoms with Crippen LogP contribution in [0.5, 0.6) is 5.75 Å². The summed E-state index contributed by atoms with van der Waals surface area (Å²) in [5, 5.41) is 10.5. The second kappa shape index (κ2) is 3.94. The Kier molecular flexibility index (Phi) is 3.11. The Labute approximate surface area is 80.2 Å². The van der Waals surface area contributed by atoms with Crippen LogP contribution in [-0.4, -0.2) is 26.5 Å². The second-order valence-corrected chi connectivity index (χ2v) is 8.43. The first-order valence-corrected chi connectivity index (χ1v) is 7.56. The van der Waals surface area contributed by atoms with E-state index in [1.807, 2.05) is 24.3 Å². The predicted octanol–water partition coefficient (Wildman–Crippen LogP) is 1.14. The van der Waals surface area contributed by atoms with E-state index in [9.17, 15) is 5.11 Å². The van der Waals surface area contributed by atoms with Crippen molar-refractivity contribution < 1.29 is 9.84 Å². The molecule has 0 unspecified atom stereocenters. The molecule has 0 bridgehead atoms. The molecular weight excluding hydrogens is 180 g/mol. The summed E-state index contributed by atoms with van der Waals surface area (Å²) in [5.74, 6) is 0.867. The van der Waals surface area contributed by atoms with E-state index < -0.39 is 8.07 Å². The van der Waals surface area contributed by atoms with Crippen molar-refractivity contribution in [3.05, 3.63) is 24.3 Å². The number of benzene rings is 1. The summed E-state index contributed by atoms with van der Waals surface area (Å²) < 4.78 is 5.07. The molecule has 0 heterocycles. The highest BCUT2D eigenvalue weighted by atomic mass is 28.3. The first kappa shape index (κ1) is 10.3. The number of rotatable bonds is 3. The Balaban J connectivity index is 2.92. The van der Waals surface area contributed by atoms with Crippen molar-refractivity contribution in [3.8, 4) is 5.75 Å². The van der Waals surface area contributed by atoms with E-state index in [0.717, 1.165) is 5.75 Å². The normalized spacial score (nSPS) is 11.4. The zero-order valence-corrected chi connectivity index (χ0v) is 9.37. The molecule has 0 aliphatic heterocycles. The maximum atomic E-state index is 9.20. The van der Waals surface area contributed by atoms with E-state index in [0.29, 0.717) is 6.23 Å². The maximum Gasteiger partial charge on any atom is 0.118 e. The van der Waals surface area contributed by atoms with Crippen molar-refractivity contribution in [2.24, 2.45) is 0 Å². The highest BCUT2D eigenvalue weighted by Crippen LogP contribution is 2.09. The lowest BCUT2D eigenvalue weighted by molar-refractivity contribution is 0.360. The van der Waals surface area contributed by atoms with E-state index in [1.165, 1.54) is 5.19 Å². The molecule has 13 heavy (non-hydrogen) atoms. The van der Waals surface area contributed by atoms with Gasteiger partial charge in [-0.3, -0.25) is 0 Å². The van der Waals surface area contributed by atoms with E-state index in [4.69, 9.17) is 4.74 Å². The summed E-state index contributed by atoms with van der Waals surface area (Å²) in [4.78, 5) is 0. The van der Waals surface area contributed by atoms with Gasteiger partial charge in [-0.25, -0.2) is 0 Å². The molecule has 72 valence electrons. The standard InChI is InChI=1S/C10H16O2Si/c1-12-9-4-6-10(7-5-9)13(2,3)8-11/h4-7,11H,8H2,1-3H3. The minimum absolute atomic E-state index is 0.291. The van der Waals surface area contributed by atoms with Crippen LogP contribution in [0.3, 0.4) is 0 Å². The van der Waals surface area contributed by atoms with Crippen LogP contribution in [0.2, 0.25) is 13.1 Å². The molecule has 1 aromatic rings. The Morgan fingerprint density at radius 2 is 1.77 bits per heavy atom. The summed E-state index contributed by atoms with van der Waals surface area (Å²) in [6, 6.07) is 7.97. The predicted molar refractivity (Wildman–Crippen MR) is 57.2 cm³/mol. The molecule has 0 aromatic heterocycles. The van der Waals surface area contributed by atoms with Crippen molar-refractivity contribution in [1.29, 1.82) is 0 Å². The third kappa shape index (κ3) is 2.32. The van der Waals surface area contributed by atoms with E-state index in [2.05, 4.69) is 13.1 Å². The van der Waals surface area contributed by atoms with Crippen LogP contribution in [0.1, 0.15) is 0 Å². The van der Waals surface area contributed by atoms with Crippen molar-refractivity contribution in [2.45, 2.75) is 13.1 Å². The molecular formula is C10H16O2Si. The summed E-state index contributed by atoms with van der Waals surface area (Å²) in [7, 11) is 0.0673. The second-order valence-electron chi connectivity index (χ2n) is 3.77. The van der Waals surface area contributed by atoms with Gasteiger partial charge in [-0.2, -0.15) is 0 Å². The van der Waals surface area contributed by atoms with Gasteiger partial charge in [0.1, 0.15) is 13.8 Å². The van der Waals surface area contributed by atoms with E-state index in [1.54, 1.807) is 7.11 Å². The van der Waals surface area contributed by atoms with E-state index >= 15 is 0 Å². The molecule has 0 saturated heterocycles. The third-order valence-corrected chi connectivity index (χ3v) is 4.95. The van der Waals surface area contributed by atoms with Gasteiger partial charge in [0.2, 0.25) is 0 Å². The average molecular weight is 196 g/mol. The van der Waals surface area contributed by atoms with Gasteiger partial charge < -0.3 is 9.84 Å². The Bertz CT molecular complexity index is 267. The average Bonchev–Trinajstić information content (AvgIpc) is 2.18. The number of aliphatic hydroxyl groups is 1. The first-order valence-electron chi connectivity index (χ1n) is 4.35. The van der Waals surface area contributed by atoms with Crippen molar-refractivity contribution in [2.75, 3.05) is 13.3 Å². The topological polar surface area (TPSA) is 29.5 Å². The van der Waals surface area contributed by atoms with Gasteiger partial charge in [0.25, 0.3) is 0 Å². The summed E-state index contributed by atoms with van der Waals surface area (Å²) in [6.07, 6.45) is 0.291. The quantitative estimate of drug-likeness (QED) is 0.735. The smallest absolute Gasteiger partial charge is 0.118 e. The molecule has 0 aliphatic carbocycles. The molecule has 0 fully saturated rings. The molecule has 0 saturated carbocycles. The number of hydrogen-bond donors (Lipinski definition) is 1. The number of aliphatic hydroxyl groups excluding tert-OH is 1. The van der Waals surface area contributed by atoms with Crippen LogP contribution in [0.25, 0.3) is 0 Å². The van der Waals surface area contributed by atoms with Gasteiger partial charge in [0.05, 0.1) is 7.11 Å². The monoisotopic (exact) mass is 196 g/mol. The van der Waals surface area contributed by atoms with Crippen molar-refractivity contribution >= 4 is 13.3 Å². The maximum absolute atomic E-state index is 9.20. The largest absolute Gasteiger partial charge is 0.497 e. The molecule has 0 aliphatic rings. The minimum atomic E-state index is -1.59. The van der Waals surface area contributed by atoms with Crippen molar-refractivity contribution in [3.63, 3.8) is 0 Å². The number of ether oxygens (including phenoxy) is 1.